The number of anilines is 2. The van der Waals surface area contributed by atoms with Crippen LogP contribution in [0.1, 0.15) is 15.9 Å². The molecule has 2 aromatic rings. The minimum Gasteiger partial charge on any atom is -0.495 e. The molecule has 0 saturated heterocycles. The van der Waals surface area contributed by atoms with Crippen LogP contribution in [0.3, 0.4) is 0 Å². The normalized spacial score (nSPS) is 9.65. The van der Waals surface area contributed by atoms with E-state index in [1.165, 1.54) is 13.4 Å². The van der Waals surface area contributed by atoms with Gasteiger partial charge in [0.25, 0.3) is 0 Å². The molecule has 0 saturated carbocycles. The van der Waals surface area contributed by atoms with E-state index in [1.807, 2.05) is 6.07 Å². The Hall–Kier alpha value is -2.65. The average molecular weight is 289 g/mol. The lowest BCUT2D eigenvalue weighted by molar-refractivity contribution is 0.112. The summed E-state index contributed by atoms with van der Waals surface area (Å²) in [6.07, 6.45) is 1.77. The van der Waals surface area contributed by atoms with Crippen LogP contribution in [-0.2, 0) is 0 Å². The number of methoxy groups -OCH3 is 1. The van der Waals surface area contributed by atoms with Crippen molar-refractivity contribution in [2.24, 2.45) is 0 Å². The summed E-state index contributed by atoms with van der Waals surface area (Å²) in [6, 6.07) is 7.03. The molecule has 1 N–H and O–H groups in total. The summed E-state index contributed by atoms with van der Waals surface area (Å²) in [4.78, 5) is 18.7. The molecule has 7 heteroatoms. The fraction of sp³-hybridized carbons (Fsp3) is 0.0769. The summed E-state index contributed by atoms with van der Waals surface area (Å²) in [7, 11) is 1.48. The Morgan fingerprint density at radius 3 is 2.90 bits per heavy atom. The smallest absolute Gasteiger partial charge is 0.156 e. The summed E-state index contributed by atoms with van der Waals surface area (Å²) >= 11 is 5.82. The Morgan fingerprint density at radius 1 is 1.45 bits per heavy atom. The first kappa shape index (κ1) is 13.8. The first-order valence-corrected chi connectivity index (χ1v) is 5.88. The van der Waals surface area contributed by atoms with Gasteiger partial charge in [0.05, 0.1) is 18.2 Å². The highest BCUT2D eigenvalue weighted by atomic mass is 35.5. The summed E-state index contributed by atoms with van der Waals surface area (Å²) in [5.74, 6) is 0.664. The molecule has 0 fully saturated rings. The van der Waals surface area contributed by atoms with E-state index >= 15 is 0 Å². The molecule has 0 aliphatic carbocycles. The van der Waals surface area contributed by atoms with Crippen LogP contribution in [0.5, 0.6) is 5.75 Å². The quantitative estimate of drug-likeness (QED) is 0.687. The highest BCUT2D eigenvalue weighted by Crippen LogP contribution is 2.31. The average Bonchev–Trinajstić information content (AvgIpc) is 2.47. The molecule has 0 unspecified atom stereocenters. The van der Waals surface area contributed by atoms with Crippen molar-refractivity contribution >= 4 is 29.4 Å². The van der Waals surface area contributed by atoms with Gasteiger partial charge in [0, 0.05) is 0 Å². The minimum atomic E-state index is 0.0332. The largest absolute Gasteiger partial charge is 0.495 e. The number of para-hydroxylation sites is 1. The summed E-state index contributed by atoms with van der Waals surface area (Å²) in [6.45, 7) is 0. The second-order valence-electron chi connectivity index (χ2n) is 3.66. The molecule has 1 aromatic heterocycles. The fourth-order valence-electron chi connectivity index (χ4n) is 1.62. The van der Waals surface area contributed by atoms with Crippen molar-refractivity contribution in [3.8, 4) is 11.8 Å². The lowest BCUT2D eigenvalue weighted by Gasteiger charge is -2.13. The van der Waals surface area contributed by atoms with E-state index in [0.29, 0.717) is 23.3 Å². The van der Waals surface area contributed by atoms with Crippen LogP contribution >= 0.6 is 11.6 Å². The number of halogens is 1. The number of carbonyl (C=O) groups is 1. The number of benzene rings is 1. The zero-order chi connectivity index (χ0) is 14.5. The summed E-state index contributed by atoms with van der Waals surface area (Å²) < 4.78 is 5.19. The van der Waals surface area contributed by atoms with Gasteiger partial charge in [-0.15, -0.1) is 0 Å². The van der Waals surface area contributed by atoms with Gasteiger partial charge in [-0.2, -0.15) is 5.26 Å². The number of rotatable bonds is 4. The molecular weight excluding hydrogens is 280 g/mol. The third-order valence-electron chi connectivity index (χ3n) is 2.56. The van der Waals surface area contributed by atoms with Gasteiger partial charge in [-0.25, -0.2) is 9.97 Å². The second kappa shape index (κ2) is 5.99. The number of nitrogens with zero attached hydrogens (tertiary/aromatic N) is 3. The lowest BCUT2D eigenvalue weighted by Crippen LogP contribution is -2.03. The number of ether oxygens (including phenoxy) is 1. The Bertz CT molecular complexity index is 697. The minimum absolute atomic E-state index is 0.0332. The van der Waals surface area contributed by atoms with E-state index in [2.05, 4.69) is 15.3 Å². The van der Waals surface area contributed by atoms with Crippen LogP contribution in [0.15, 0.2) is 24.5 Å². The Balaban J connectivity index is 2.53. The van der Waals surface area contributed by atoms with Gasteiger partial charge in [0.2, 0.25) is 0 Å². The maximum Gasteiger partial charge on any atom is 0.156 e. The predicted molar refractivity (Wildman–Crippen MR) is 73.4 cm³/mol. The molecule has 20 heavy (non-hydrogen) atoms. The van der Waals surface area contributed by atoms with E-state index < -0.39 is 0 Å². The topological polar surface area (TPSA) is 87.9 Å². The zero-order valence-electron chi connectivity index (χ0n) is 10.4. The maximum absolute atomic E-state index is 11.0. The SMILES string of the molecule is COc1cccc(C#N)c1Nc1ncnc(Cl)c1C=O. The third kappa shape index (κ3) is 2.53. The van der Waals surface area contributed by atoms with Crippen molar-refractivity contribution in [2.45, 2.75) is 0 Å². The van der Waals surface area contributed by atoms with Crippen LogP contribution in [0.2, 0.25) is 5.15 Å². The third-order valence-corrected chi connectivity index (χ3v) is 2.86. The van der Waals surface area contributed by atoms with Gasteiger partial charge < -0.3 is 10.1 Å². The van der Waals surface area contributed by atoms with E-state index in [9.17, 15) is 4.79 Å². The molecule has 6 nitrogen and oxygen atoms in total. The van der Waals surface area contributed by atoms with E-state index in [4.69, 9.17) is 21.6 Å². The fourth-order valence-corrected chi connectivity index (χ4v) is 1.80. The van der Waals surface area contributed by atoms with E-state index in [0.717, 1.165) is 0 Å². The number of nitriles is 1. The van der Waals surface area contributed by atoms with Gasteiger partial charge in [-0.05, 0) is 12.1 Å². The number of hydrogen-bond donors (Lipinski definition) is 1. The van der Waals surface area contributed by atoms with Crippen LogP contribution in [0.4, 0.5) is 11.5 Å². The van der Waals surface area contributed by atoms with Crippen LogP contribution in [-0.4, -0.2) is 23.4 Å². The van der Waals surface area contributed by atoms with E-state index in [-0.39, 0.29) is 16.5 Å². The second-order valence-corrected chi connectivity index (χ2v) is 4.02. The molecule has 0 bridgehead atoms. The van der Waals surface area contributed by atoms with Crippen LogP contribution in [0, 0.1) is 11.3 Å². The highest BCUT2D eigenvalue weighted by molar-refractivity contribution is 6.32. The molecule has 2 rings (SSSR count). The van der Waals surface area contributed by atoms with Gasteiger partial charge in [-0.1, -0.05) is 17.7 Å². The van der Waals surface area contributed by atoms with Crippen LogP contribution < -0.4 is 10.1 Å². The molecule has 0 aliphatic heterocycles. The first-order chi connectivity index (χ1) is 9.71. The molecule has 0 amide bonds. The Morgan fingerprint density at radius 2 is 2.25 bits per heavy atom. The van der Waals surface area contributed by atoms with Crippen molar-refractivity contribution in [3.05, 3.63) is 40.8 Å². The summed E-state index contributed by atoms with van der Waals surface area (Å²) in [5.41, 5.74) is 0.885. The first-order valence-electron chi connectivity index (χ1n) is 5.51. The molecule has 0 spiro atoms. The molecule has 0 radical (unpaired) electrons. The van der Waals surface area contributed by atoms with Crippen LogP contribution in [0.25, 0.3) is 0 Å². The number of aldehydes is 1. The van der Waals surface area contributed by atoms with Gasteiger partial charge >= 0.3 is 0 Å². The van der Waals surface area contributed by atoms with Crippen molar-refractivity contribution in [2.75, 3.05) is 12.4 Å². The van der Waals surface area contributed by atoms with Crippen molar-refractivity contribution in [1.82, 2.24) is 9.97 Å². The number of aromatic nitrogens is 2. The number of nitrogens with one attached hydrogen (secondary N) is 1. The number of hydrogen-bond acceptors (Lipinski definition) is 6. The molecule has 0 atom stereocenters. The molecule has 100 valence electrons. The van der Waals surface area contributed by atoms with Gasteiger partial charge in [-0.3, -0.25) is 4.79 Å². The molecule has 0 aliphatic rings. The molecular formula is C13H9ClN4O2. The Kier molecular flexibility index (Phi) is 4.13. The molecule has 1 heterocycles. The summed E-state index contributed by atoms with van der Waals surface area (Å²) in [5, 5.41) is 12.0. The van der Waals surface area contributed by atoms with Crippen molar-refractivity contribution < 1.29 is 9.53 Å². The number of carbonyl (C=O) groups excluding carboxylic acids is 1. The monoisotopic (exact) mass is 288 g/mol. The maximum atomic E-state index is 11.0. The van der Waals surface area contributed by atoms with Gasteiger partial charge in [0.15, 0.2) is 6.29 Å². The zero-order valence-corrected chi connectivity index (χ0v) is 11.2. The van der Waals surface area contributed by atoms with Gasteiger partial charge in [0.1, 0.15) is 34.8 Å². The lowest BCUT2D eigenvalue weighted by atomic mass is 10.1. The van der Waals surface area contributed by atoms with Crippen molar-refractivity contribution in [3.63, 3.8) is 0 Å². The molecule has 1 aromatic carbocycles. The van der Waals surface area contributed by atoms with E-state index in [1.54, 1.807) is 18.2 Å². The standard InChI is InChI=1S/C13H9ClN4O2/c1-20-10-4-2-3-8(5-15)11(10)18-13-9(6-19)12(14)16-7-17-13/h2-4,6-7H,1H3,(H,16,17,18). The predicted octanol–water partition coefficient (Wildman–Crippen LogP) is 2.57. The van der Waals surface area contributed by atoms with Crippen molar-refractivity contribution in [1.29, 1.82) is 5.26 Å². The Labute approximate surface area is 120 Å². The highest BCUT2D eigenvalue weighted by Gasteiger charge is 2.14.